The molecule has 4 aromatic rings. The van der Waals surface area contributed by atoms with Gasteiger partial charge in [-0.25, -0.2) is 23.8 Å². The maximum atomic E-state index is 14.3. The van der Waals surface area contributed by atoms with E-state index in [1.165, 1.54) is 23.0 Å². The third-order valence-corrected chi connectivity index (χ3v) is 4.59. The summed E-state index contributed by atoms with van der Waals surface area (Å²) in [7, 11) is 0. The fourth-order valence-corrected chi connectivity index (χ4v) is 3.44. The lowest BCUT2D eigenvalue weighted by Crippen LogP contribution is -2.08. The minimum absolute atomic E-state index is 0.0349. The number of fused-ring (bicyclic) bond motifs is 1. The molecule has 0 radical (unpaired) electrons. The van der Waals surface area contributed by atoms with Crippen LogP contribution < -0.4 is 5.63 Å². The number of nitrogens with zero attached hydrogens (tertiary/aromatic N) is 4. The van der Waals surface area contributed by atoms with Crippen LogP contribution in [0.3, 0.4) is 0 Å². The molecule has 0 amide bonds. The maximum absolute atomic E-state index is 14.3. The highest BCUT2D eigenvalue weighted by atomic mass is 79.9. The van der Waals surface area contributed by atoms with E-state index >= 15 is 0 Å². The van der Waals surface area contributed by atoms with Crippen LogP contribution in [0, 0.1) is 12.7 Å². The number of hydrogen-bond acceptors (Lipinski definition) is 5. The van der Waals surface area contributed by atoms with Crippen molar-refractivity contribution in [2.75, 3.05) is 0 Å². The number of aryl methyl sites for hydroxylation is 1. The predicted molar refractivity (Wildman–Crippen MR) is 114 cm³/mol. The number of hydrogen-bond donors (Lipinski definition) is 0. The van der Waals surface area contributed by atoms with Crippen molar-refractivity contribution in [3.8, 4) is 17.4 Å². The third kappa shape index (κ3) is 4.19. The van der Waals surface area contributed by atoms with Gasteiger partial charge in [-0.15, -0.1) is 0 Å². The number of aromatic nitrogens is 4. The molecular weight excluding hydrogens is 486 g/mol. The molecule has 0 fully saturated rings. The Morgan fingerprint density at radius 1 is 1.14 bits per heavy atom. The Hall–Kier alpha value is -2.29. The number of rotatable bonds is 2. The average Bonchev–Trinajstić information content (AvgIpc) is 3.05. The molecule has 0 aliphatic carbocycles. The van der Waals surface area contributed by atoms with E-state index < -0.39 is 11.4 Å². The number of halogens is 4. The van der Waals surface area contributed by atoms with Crippen LogP contribution in [0.4, 0.5) is 4.39 Å². The first-order valence-electron chi connectivity index (χ1n) is 8.52. The van der Waals surface area contributed by atoms with Gasteiger partial charge in [0.2, 0.25) is 5.89 Å². The van der Waals surface area contributed by atoms with Crippen LogP contribution in [0.1, 0.15) is 19.4 Å². The van der Waals surface area contributed by atoms with Gasteiger partial charge in [0.1, 0.15) is 10.3 Å². The molecule has 1 aromatic carbocycles. The monoisotopic (exact) mass is 498 g/mol. The molecule has 0 unspecified atom stereocenters. The molecule has 0 N–H and O–H groups in total. The zero-order valence-corrected chi connectivity index (χ0v) is 18.6. The smallest absolute Gasteiger partial charge is 0.347 e. The topological polar surface area (TPSA) is 73.8 Å². The van der Waals surface area contributed by atoms with E-state index in [9.17, 15) is 9.18 Å². The van der Waals surface area contributed by atoms with Crippen molar-refractivity contribution >= 4 is 50.0 Å². The van der Waals surface area contributed by atoms with Gasteiger partial charge in [0.15, 0.2) is 11.6 Å². The van der Waals surface area contributed by atoms with Gasteiger partial charge in [0, 0.05) is 17.3 Å². The molecule has 6 nitrogen and oxygen atoms in total. The van der Waals surface area contributed by atoms with Crippen molar-refractivity contribution < 1.29 is 8.81 Å². The molecule has 0 saturated carbocycles. The van der Waals surface area contributed by atoms with Gasteiger partial charge in [0.05, 0.1) is 15.9 Å². The highest BCUT2D eigenvalue weighted by Gasteiger charge is 2.20. The second-order valence-electron chi connectivity index (χ2n) is 5.65. The van der Waals surface area contributed by atoms with Gasteiger partial charge >= 0.3 is 5.63 Å². The lowest BCUT2D eigenvalue weighted by Gasteiger charge is -2.08. The standard InChI is InChI=1S/C17H8BrCl2FN4O2.C2H6/c1-7-2-8(19)3-10-14(7)23-16(27-17(10)26)12-5-13(18)24-25(12)15-11(21)4-9(20)6-22-15;1-2/h2-6H,1H3;1-2H3. The first-order valence-corrected chi connectivity index (χ1v) is 10.1. The Bertz CT molecular complexity index is 1270. The average molecular weight is 500 g/mol. The lowest BCUT2D eigenvalue weighted by atomic mass is 10.1. The van der Waals surface area contributed by atoms with Crippen LogP contribution >= 0.6 is 39.1 Å². The summed E-state index contributed by atoms with van der Waals surface area (Å²) in [5.41, 5.74) is 0.754. The third-order valence-electron chi connectivity index (χ3n) is 3.78. The molecular formula is C19H14BrCl2FN4O2. The molecule has 0 aliphatic heterocycles. The molecule has 150 valence electrons. The van der Waals surface area contributed by atoms with E-state index in [1.807, 2.05) is 13.8 Å². The Kier molecular flexibility index (Phi) is 6.36. The minimum atomic E-state index is -0.689. The number of pyridine rings is 1. The van der Waals surface area contributed by atoms with Crippen molar-refractivity contribution in [3.05, 3.63) is 66.9 Å². The van der Waals surface area contributed by atoms with E-state index in [4.69, 9.17) is 27.6 Å². The summed E-state index contributed by atoms with van der Waals surface area (Å²) in [5.74, 6) is -0.838. The first kappa shape index (κ1) is 21.4. The molecule has 4 rings (SSSR count). The van der Waals surface area contributed by atoms with Gasteiger partial charge < -0.3 is 4.42 Å². The summed E-state index contributed by atoms with van der Waals surface area (Å²) in [6, 6.07) is 5.82. The first-order chi connectivity index (χ1) is 13.8. The van der Waals surface area contributed by atoms with E-state index in [-0.39, 0.29) is 27.8 Å². The van der Waals surface area contributed by atoms with Crippen LogP contribution in [-0.4, -0.2) is 19.7 Å². The minimum Gasteiger partial charge on any atom is -0.401 e. The molecule has 0 atom stereocenters. The summed E-state index contributed by atoms with van der Waals surface area (Å²) in [6.07, 6.45) is 1.29. The van der Waals surface area contributed by atoms with Gasteiger partial charge in [-0.3, -0.25) is 0 Å². The molecule has 0 spiro atoms. The van der Waals surface area contributed by atoms with Crippen LogP contribution in [-0.2, 0) is 0 Å². The van der Waals surface area contributed by atoms with E-state index in [1.54, 1.807) is 13.0 Å². The lowest BCUT2D eigenvalue weighted by molar-refractivity contribution is 0.512. The summed E-state index contributed by atoms with van der Waals surface area (Å²) in [6.45, 7) is 5.78. The fourth-order valence-electron chi connectivity index (χ4n) is 2.65. The molecule has 0 saturated heterocycles. The van der Waals surface area contributed by atoms with Crippen LogP contribution in [0.25, 0.3) is 28.3 Å². The fraction of sp³-hybridized carbons (Fsp3) is 0.158. The maximum Gasteiger partial charge on any atom is 0.347 e. The van der Waals surface area contributed by atoms with Crippen LogP contribution in [0.5, 0.6) is 0 Å². The van der Waals surface area contributed by atoms with Crippen molar-refractivity contribution in [3.63, 3.8) is 0 Å². The largest absolute Gasteiger partial charge is 0.401 e. The quantitative estimate of drug-likeness (QED) is 0.339. The van der Waals surface area contributed by atoms with Gasteiger partial charge in [-0.05, 0) is 46.6 Å². The Balaban J connectivity index is 0.00000117. The van der Waals surface area contributed by atoms with E-state index in [0.29, 0.717) is 20.7 Å². The molecule has 3 heterocycles. The Morgan fingerprint density at radius 2 is 1.86 bits per heavy atom. The van der Waals surface area contributed by atoms with E-state index in [2.05, 4.69) is 31.0 Å². The summed E-state index contributed by atoms with van der Waals surface area (Å²) in [5, 5.41) is 4.96. The van der Waals surface area contributed by atoms with Crippen molar-refractivity contribution in [1.29, 1.82) is 0 Å². The summed E-state index contributed by atoms with van der Waals surface area (Å²) in [4.78, 5) is 20.8. The molecule has 29 heavy (non-hydrogen) atoms. The van der Waals surface area contributed by atoms with Gasteiger partial charge in [0.25, 0.3) is 0 Å². The zero-order chi connectivity index (χ0) is 21.3. The Labute approximate surface area is 183 Å². The summed E-state index contributed by atoms with van der Waals surface area (Å²) >= 11 is 15.0. The van der Waals surface area contributed by atoms with E-state index in [0.717, 1.165) is 6.07 Å². The normalized spacial score (nSPS) is 10.7. The second kappa shape index (κ2) is 8.61. The summed E-state index contributed by atoms with van der Waals surface area (Å²) < 4.78 is 21.2. The van der Waals surface area contributed by atoms with Crippen molar-refractivity contribution in [2.45, 2.75) is 20.8 Å². The molecule has 0 bridgehead atoms. The predicted octanol–water partition coefficient (Wildman–Crippen LogP) is 5.98. The highest BCUT2D eigenvalue weighted by Crippen LogP contribution is 2.28. The van der Waals surface area contributed by atoms with Crippen molar-refractivity contribution in [2.24, 2.45) is 0 Å². The second-order valence-corrected chi connectivity index (χ2v) is 7.33. The van der Waals surface area contributed by atoms with Crippen LogP contribution in [0.2, 0.25) is 10.0 Å². The Morgan fingerprint density at radius 3 is 2.55 bits per heavy atom. The molecule has 10 heteroatoms. The molecule has 0 aliphatic rings. The SMILES string of the molecule is CC.Cc1cc(Cl)cc2c(=O)oc(-c3cc(Br)nn3-c3ncc(Cl)cc3F)nc12. The molecule has 3 aromatic heterocycles. The van der Waals surface area contributed by atoms with Gasteiger partial charge in [-0.2, -0.15) is 5.10 Å². The van der Waals surface area contributed by atoms with Gasteiger partial charge in [-0.1, -0.05) is 37.0 Å². The number of benzene rings is 1. The zero-order valence-electron chi connectivity index (χ0n) is 15.5. The van der Waals surface area contributed by atoms with Crippen molar-refractivity contribution in [1.82, 2.24) is 19.7 Å². The van der Waals surface area contributed by atoms with Crippen LogP contribution in [0.15, 0.2) is 44.3 Å². The highest BCUT2D eigenvalue weighted by molar-refractivity contribution is 9.10.